The molecule has 90 valence electrons. The number of nitrogens with two attached hydrogens (primary N) is 1. The molecule has 0 radical (unpaired) electrons. The lowest BCUT2D eigenvalue weighted by Crippen LogP contribution is -2.31. The summed E-state index contributed by atoms with van der Waals surface area (Å²) in [5.41, 5.74) is 4.23. The number of benzene rings is 2. The number of amides is 1. The average molecular weight is 256 g/mol. The molecule has 0 unspecified atom stereocenters. The largest absolute Gasteiger partial charge is 0.290 e. The van der Waals surface area contributed by atoms with E-state index in [-0.39, 0.29) is 5.91 Å². The highest BCUT2D eigenvalue weighted by Crippen LogP contribution is 2.15. The second-order valence-corrected chi connectivity index (χ2v) is 4.12. The van der Waals surface area contributed by atoms with Crippen LogP contribution in [0.25, 0.3) is 0 Å². The summed E-state index contributed by atoms with van der Waals surface area (Å²) in [5, 5.41) is 0. The molecule has 0 fully saturated rings. The Morgan fingerprint density at radius 2 is 1.50 bits per heavy atom. The van der Waals surface area contributed by atoms with E-state index in [4.69, 9.17) is 18.1 Å². The van der Waals surface area contributed by atoms with E-state index in [0.717, 1.165) is 5.56 Å². The first-order chi connectivity index (χ1) is 8.74. The summed E-state index contributed by atoms with van der Waals surface area (Å²) in [4.78, 5) is 12.3. The van der Waals surface area contributed by atoms with E-state index in [1.165, 1.54) is 0 Å². The number of hydrogen-bond acceptors (Lipinski definition) is 3. The summed E-state index contributed by atoms with van der Waals surface area (Å²) in [6.45, 7) is 0. The molecule has 0 aliphatic heterocycles. The van der Waals surface area contributed by atoms with Gasteiger partial charge in [-0.2, -0.15) is 0 Å². The third kappa shape index (κ3) is 2.45. The summed E-state index contributed by atoms with van der Waals surface area (Å²) >= 11 is 5.42. The van der Waals surface area contributed by atoms with E-state index >= 15 is 0 Å². The van der Waals surface area contributed by atoms with Gasteiger partial charge in [0, 0.05) is 11.1 Å². The second-order valence-electron chi connectivity index (χ2n) is 3.71. The Hall–Kier alpha value is -2.04. The molecule has 0 bridgehead atoms. The van der Waals surface area contributed by atoms with Gasteiger partial charge in [-0.3, -0.25) is 10.2 Å². The Morgan fingerprint density at radius 1 is 0.944 bits per heavy atom. The van der Waals surface area contributed by atoms with Crippen molar-refractivity contribution in [2.45, 2.75) is 0 Å². The van der Waals surface area contributed by atoms with Crippen LogP contribution in [-0.4, -0.2) is 10.8 Å². The molecule has 0 saturated carbocycles. The van der Waals surface area contributed by atoms with E-state index < -0.39 is 0 Å². The molecule has 0 aliphatic rings. The van der Waals surface area contributed by atoms with Crippen LogP contribution < -0.4 is 11.3 Å². The summed E-state index contributed by atoms with van der Waals surface area (Å²) in [6, 6.07) is 16.7. The molecule has 4 heteroatoms. The first-order valence-corrected chi connectivity index (χ1v) is 5.84. The standard InChI is InChI=1S/C14H12N2OS/c15-16-14(17)12-9-5-4-8-11(12)13(18)10-6-2-1-3-7-10/h1-9H,15H2,(H,16,17). The average Bonchev–Trinajstić information content (AvgIpc) is 2.46. The molecule has 0 atom stereocenters. The number of hydrogen-bond donors (Lipinski definition) is 2. The minimum Gasteiger partial charge on any atom is -0.290 e. The van der Waals surface area contributed by atoms with Gasteiger partial charge in [-0.15, -0.1) is 0 Å². The maximum Gasteiger partial charge on any atom is 0.265 e. The molecule has 3 nitrogen and oxygen atoms in total. The molecule has 0 saturated heterocycles. The number of carbonyl (C=O) groups is 1. The van der Waals surface area contributed by atoms with Crippen LogP contribution in [0.15, 0.2) is 54.6 Å². The van der Waals surface area contributed by atoms with Gasteiger partial charge in [-0.05, 0) is 11.6 Å². The van der Waals surface area contributed by atoms with Gasteiger partial charge in [-0.1, -0.05) is 60.7 Å². The fraction of sp³-hybridized carbons (Fsp3) is 0. The minimum atomic E-state index is -0.344. The highest BCUT2D eigenvalue weighted by molar-refractivity contribution is 7.81. The normalized spacial score (nSPS) is 9.83. The maximum atomic E-state index is 11.7. The van der Waals surface area contributed by atoms with Gasteiger partial charge in [0.15, 0.2) is 0 Å². The molecule has 0 spiro atoms. The number of rotatable bonds is 3. The fourth-order valence-corrected chi connectivity index (χ4v) is 2.02. The Labute approximate surface area is 111 Å². The number of thiocarbonyl (C=S) groups is 1. The van der Waals surface area contributed by atoms with Crippen molar-refractivity contribution in [2.24, 2.45) is 5.84 Å². The summed E-state index contributed by atoms with van der Waals surface area (Å²) in [5.74, 6) is 4.83. The highest BCUT2D eigenvalue weighted by Gasteiger charge is 2.13. The highest BCUT2D eigenvalue weighted by atomic mass is 32.1. The van der Waals surface area contributed by atoms with Crippen molar-refractivity contribution in [3.8, 4) is 0 Å². The smallest absolute Gasteiger partial charge is 0.265 e. The van der Waals surface area contributed by atoms with Crippen LogP contribution in [0, 0.1) is 0 Å². The van der Waals surface area contributed by atoms with Crippen LogP contribution in [0.3, 0.4) is 0 Å². The quantitative estimate of drug-likeness (QED) is 0.290. The van der Waals surface area contributed by atoms with Gasteiger partial charge in [0.2, 0.25) is 0 Å². The van der Waals surface area contributed by atoms with Gasteiger partial charge in [0.1, 0.15) is 0 Å². The maximum absolute atomic E-state index is 11.7. The minimum absolute atomic E-state index is 0.344. The Bertz CT molecular complexity index is 581. The van der Waals surface area contributed by atoms with Crippen molar-refractivity contribution < 1.29 is 4.79 Å². The third-order valence-corrected chi connectivity index (χ3v) is 3.04. The van der Waals surface area contributed by atoms with E-state index in [1.807, 2.05) is 42.5 Å². The summed E-state index contributed by atoms with van der Waals surface area (Å²) in [6.07, 6.45) is 0. The monoisotopic (exact) mass is 256 g/mol. The van der Waals surface area contributed by atoms with Crippen molar-refractivity contribution in [1.82, 2.24) is 5.43 Å². The number of nitrogen functional groups attached to an aromatic ring is 1. The van der Waals surface area contributed by atoms with Gasteiger partial charge >= 0.3 is 0 Å². The number of nitrogens with one attached hydrogen (secondary N) is 1. The molecule has 3 N–H and O–H groups in total. The second kappa shape index (κ2) is 5.53. The fourth-order valence-electron chi connectivity index (χ4n) is 1.70. The Kier molecular flexibility index (Phi) is 3.82. The first-order valence-electron chi connectivity index (χ1n) is 5.43. The molecule has 1 amide bonds. The van der Waals surface area contributed by atoms with Crippen LogP contribution in [0.1, 0.15) is 21.5 Å². The van der Waals surface area contributed by atoms with Crippen LogP contribution in [0.2, 0.25) is 0 Å². The SMILES string of the molecule is NNC(=O)c1ccccc1C(=S)c1ccccc1. The van der Waals surface area contributed by atoms with Crippen LogP contribution in [0.4, 0.5) is 0 Å². The van der Waals surface area contributed by atoms with Crippen molar-refractivity contribution in [3.63, 3.8) is 0 Å². The van der Waals surface area contributed by atoms with Gasteiger partial charge in [-0.25, -0.2) is 5.84 Å². The zero-order valence-electron chi connectivity index (χ0n) is 9.59. The summed E-state index contributed by atoms with van der Waals surface area (Å²) in [7, 11) is 0. The molecule has 0 aromatic heterocycles. The van der Waals surface area contributed by atoms with Gasteiger partial charge in [0.05, 0.1) is 4.86 Å². The zero-order chi connectivity index (χ0) is 13.0. The predicted molar refractivity (Wildman–Crippen MR) is 75.3 cm³/mol. The molecule has 2 rings (SSSR count). The third-order valence-electron chi connectivity index (χ3n) is 2.58. The molecule has 0 aliphatic carbocycles. The van der Waals surface area contributed by atoms with Crippen LogP contribution >= 0.6 is 12.2 Å². The molecule has 2 aromatic carbocycles. The summed E-state index contributed by atoms with van der Waals surface area (Å²) < 4.78 is 0. The molecular weight excluding hydrogens is 244 g/mol. The lowest BCUT2D eigenvalue weighted by atomic mass is 9.99. The van der Waals surface area contributed by atoms with Gasteiger partial charge in [0.25, 0.3) is 5.91 Å². The zero-order valence-corrected chi connectivity index (χ0v) is 10.4. The number of hydrazine groups is 1. The molecular formula is C14H12N2OS. The van der Waals surface area contributed by atoms with E-state index in [1.54, 1.807) is 12.1 Å². The first kappa shape index (κ1) is 12.4. The van der Waals surface area contributed by atoms with E-state index in [2.05, 4.69) is 5.43 Å². The molecule has 18 heavy (non-hydrogen) atoms. The van der Waals surface area contributed by atoms with E-state index in [0.29, 0.717) is 16.0 Å². The lowest BCUT2D eigenvalue weighted by Gasteiger charge is -2.09. The van der Waals surface area contributed by atoms with Crippen molar-refractivity contribution in [2.75, 3.05) is 0 Å². The van der Waals surface area contributed by atoms with E-state index in [9.17, 15) is 4.79 Å². The number of carbonyl (C=O) groups excluding carboxylic acids is 1. The molecule has 0 heterocycles. The van der Waals surface area contributed by atoms with Crippen molar-refractivity contribution in [3.05, 3.63) is 71.3 Å². The van der Waals surface area contributed by atoms with Crippen molar-refractivity contribution >= 4 is 23.0 Å². The van der Waals surface area contributed by atoms with Crippen molar-refractivity contribution in [1.29, 1.82) is 0 Å². The predicted octanol–water partition coefficient (Wildman–Crippen LogP) is 2.06. The Morgan fingerprint density at radius 3 is 2.11 bits per heavy atom. The van der Waals surface area contributed by atoms with Gasteiger partial charge < -0.3 is 0 Å². The molecule has 2 aromatic rings. The van der Waals surface area contributed by atoms with Crippen LogP contribution in [-0.2, 0) is 0 Å². The Balaban J connectivity index is 2.46. The lowest BCUT2D eigenvalue weighted by molar-refractivity contribution is 0.0953. The topological polar surface area (TPSA) is 55.1 Å². The van der Waals surface area contributed by atoms with Crippen LogP contribution in [0.5, 0.6) is 0 Å².